The third kappa shape index (κ3) is 7.91. The summed E-state index contributed by atoms with van der Waals surface area (Å²) in [5.74, 6) is -0.678. The van der Waals surface area contributed by atoms with Crippen molar-refractivity contribution in [2.45, 2.75) is 36.7 Å². The van der Waals surface area contributed by atoms with Gasteiger partial charge in [0, 0.05) is 24.8 Å². The fraction of sp³-hybridized carbons (Fsp3) is 0.333. The van der Waals surface area contributed by atoms with Gasteiger partial charge in [-0.15, -0.1) is 0 Å². The lowest BCUT2D eigenvalue weighted by Gasteiger charge is -2.28. The average molecular weight is 550 g/mol. The fourth-order valence-electron chi connectivity index (χ4n) is 4.53. The number of rotatable bonds is 11. The minimum atomic E-state index is -3.62. The highest BCUT2D eigenvalue weighted by molar-refractivity contribution is 7.91. The molecule has 0 bridgehead atoms. The number of para-hydroxylation sites is 1. The van der Waals surface area contributed by atoms with Crippen molar-refractivity contribution in [1.82, 2.24) is 10.2 Å². The molecule has 2 N–H and O–H groups in total. The molecule has 1 aliphatic heterocycles. The lowest BCUT2D eigenvalue weighted by atomic mass is 10.1. The Hall–Kier alpha value is -3.69. The van der Waals surface area contributed by atoms with E-state index in [1.165, 1.54) is 0 Å². The Morgan fingerprint density at radius 3 is 2.21 bits per heavy atom. The molecule has 3 aromatic carbocycles. The molecular weight excluding hydrogens is 514 g/mol. The molecule has 206 valence electrons. The summed E-state index contributed by atoms with van der Waals surface area (Å²) < 4.78 is 31.7. The van der Waals surface area contributed by atoms with Crippen LogP contribution in [0, 0.1) is 0 Å². The third-order valence-electron chi connectivity index (χ3n) is 6.71. The van der Waals surface area contributed by atoms with Gasteiger partial charge >= 0.3 is 0 Å². The highest BCUT2D eigenvalue weighted by Crippen LogP contribution is 2.20. The van der Waals surface area contributed by atoms with Crippen LogP contribution in [0.25, 0.3) is 0 Å². The van der Waals surface area contributed by atoms with Crippen molar-refractivity contribution in [1.29, 1.82) is 0 Å². The van der Waals surface area contributed by atoms with E-state index in [1.54, 1.807) is 66.4 Å². The average Bonchev–Trinajstić information content (AvgIpc) is 2.97. The number of sulfone groups is 1. The molecular formula is C30H35N3O5S. The molecule has 8 nitrogen and oxygen atoms in total. The molecule has 0 aromatic heterocycles. The number of nitrogens with zero attached hydrogens (tertiary/aromatic N) is 1. The van der Waals surface area contributed by atoms with Gasteiger partial charge in [-0.3, -0.25) is 9.59 Å². The van der Waals surface area contributed by atoms with Crippen molar-refractivity contribution < 1.29 is 22.7 Å². The highest BCUT2D eigenvalue weighted by Gasteiger charge is 2.26. The Morgan fingerprint density at radius 2 is 1.51 bits per heavy atom. The van der Waals surface area contributed by atoms with Crippen LogP contribution in [0.15, 0.2) is 89.8 Å². The van der Waals surface area contributed by atoms with Gasteiger partial charge in [-0.05, 0) is 49.6 Å². The molecule has 3 aromatic rings. The van der Waals surface area contributed by atoms with Crippen LogP contribution in [0.1, 0.15) is 29.3 Å². The zero-order valence-electron chi connectivity index (χ0n) is 22.1. The van der Waals surface area contributed by atoms with Crippen molar-refractivity contribution in [2.75, 3.05) is 37.4 Å². The molecule has 0 aliphatic carbocycles. The van der Waals surface area contributed by atoms with Crippen LogP contribution >= 0.6 is 0 Å². The summed E-state index contributed by atoms with van der Waals surface area (Å²) in [6.45, 7) is 3.72. The van der Waals surface area contributed by atoms with Crippen LogP contribution in [0.2, 0.25) is 0 Å². The number of nitrogens with one attached hydrogen (secondary N) is 2. The zero-order chi connectivity index (χ0) is 27.7. The van der Waals surface area contributed by atoms with E-state index >= 15 is 0 Å². The molecule has 2 amide bonds. The predicted octanol–water partition coefficient (Wildman–Crippen LogP) is 3.55. The predicted molar refractivity (Wildman–Crippen MR) is 151 cm³/mol. The number of benzene rings is 3. The van der Waals surface area contributed by atoms with Gasteiger partial charge in [-0.25, -0.2) is 8.42 Å². The first kappa shape index (κ1) is 28.3. The van der Waals surface area contributed by atoms with Crippen LogP contribution in [0.4, 0.5) is 5.69 Å². The molecule has 1 aliphatic rings. The topological polar surface area (TPSA) is 105 Å². The molecule has 39 heavy (non-hydrogen) atoms. The second-order valence-corrected chi connectivity index (χ2v) is 11.7. The standard InChI is InChI=1S/C30H35N3O5S/c1-23(31-28-15-9-8-14-27(28)30(35)33-18-20-38-21-19-33)29(34)32-25(17-16-24-10-4-2-5-11-24)22-39(36,37)26-12-6-3-7-13-26/h2-15,23,25,31H,16-22H2,1H3,(H,32,34). The van der Waals surface area contributed by atoms with Gasteiger partial charge in [0.2, 0.25) is 5.91 Å². The largest absolute Gasteiger partial charge is 0.378 e. The Morgan fingerprint density at radius 1 is 0.897 bits per heavy atom. The molecule has 2 unspecified atom stereocenters. The van der Waals surface area contributed by atoms with Gasteiger partial charge in [0.15, 0.2) is 9.84 Å². The number of aryl methyl sites for hydroxylation is 1. The van der Waals surface area contributed by atoms with Crippen molar-refractivity contribution in [3.05, 3.63) is 96.1 Å². The maximum absolute atomic E-state index is 13.3. The summed E-state index contributed by atoms with van der Waals surface area (Å²) in [4.78, 5) is 28.4. The summed E-state index contributed by atoms with van der Waals surface area (Å²) in [6.07, 6.45) is 1.08. The molecule has 0 spiro atoms. The molecule has 1 heterocycles. The summed E-state index contributed by atoms with van der Waals surface area (Å²) in [5, 5.41) is 6.12. The number of ether oxygens (including phenoxy) is 1. The van der Waals surface area contributed by atoms with Crippen LogP contribution in [-0.4, -0.2) is 69.3 Å². The first-order chi connectivity index (χ1) is 18.8. The van der Waals surface area contributed by atoms with E-state index in [0.29, 0.717) is 50.4 Å². The second kappa shape index (κ2) is 13.4. The van der Waals surface area contributed by atoms with Crippen LogP contribution in [0.5, 0.6) is 0 Å². The number of carbonyl (C=O) groups is 2. The molecule has 4 rings (SSSR count). The maximum Gasteiger partial charge on any atom is 0.256 e. The van der Waals surface area contributed by atoms with Crippen LogP contribution in [-0.2, 0) is 25.8 Å². The molecule has 9 heteroatoms. The van der Waals surface area contributed by atoms with E-state index in [-0.39, 0.29) is 22.5 Å². The Bertz CT molecular complexity index is 1340. The van der Waals surface area contributed by atoms with Gasteiger partial charge in [-0.1, -0.05) is 60.7 Å². The molecule has 2 atom stereocenters. The van der Waals surface area contributed by atoms with Gasteiger partial charge < -0.3 is 20.3 Å². The maximum atomic E-state index is 13.3. The quantitative estimate of drug-likeness (QED) is 0.379. The Balaban J connectivity index is 1.46. The molecule has 0 saturated carbocycles. The number of morpholine rings is 1. The highest BCUT2D eigenvalue weighted by atomic mass is 32.2. The number of hydrogen-bond donors (Lipinski definition) is 2. The van der Waals surface area contributed by atoms with E-state index < -0.39 is 21.9 Å². The third-order valence-corrected chi connectivity index (χ3v) is 8.55. The first-order valence-corrected chi connectivity index (χ1v) is 14.8. The normalized spacial score (nSPS) is 15.3. The van der Waals surface area contributed by atoms with Crippen LogP contribution < -0.4 is 10.6 Å². The van der Waals surface area contributed by atoms with Crippen LogP contribution in [0.3, 0.4) is 0 Å². The Kier molecular flexibility index (Phi) is 9.73. The minimum Gasteiger partial charge on any atom is -0.378 e. The van der Waals surface area contributed by atoms with Gasteiger partial charge in [0.1, 0.15) is 6.04 Å². The molecule has 0 radical (unpaired) electrons. The van der Waals surface area contributed by atoms with Crippen molar-refractivity contribution in [3.63, 3.8) is 0 Å². The van der Waals surface area contributed by atoms with Crippen molar-refractivity contribution in [2.24, 2.45) is 0 Å². The number of amides is 2. The summed E-state index contributed by atoms with van der Waals surface area (Å²) in [6, 6.07) is 23.8. The molecule has 1 saturated heterocycles. The second-order valence-electron chi connectivity index (χ2n) is 9.64. The first-order valence-electron chi connectivity index (χ1n) is 13.2. The SMILES string of the molecule is CC(Nc1ccccc1C(=O)N1CCOCC1)C(=O)NC(CCc1ccccc1)CS(=O)(=O)c1ccccc1. The fourth-order valence-corrected chi connectivity index (χ4v) is 6.07. The van der Waals surface area contributed by atoms with Gasteiger partial charge in [0.05, 0.1) is 29.4 Å². The lowest BCUT2D eigenvalue weighted by Crippen LogP contribution is -2.46. The summed E-state index contributed by atoms with van der Waals surface area (Å²) >= 11 is 0. The summed E-state index contributed by atoms with van der Waals surface area (Å²) in [5.41, 5.74) is 2.09. The zero-order valence-corrected chi connectivity index (χ0v) is 22.9. The number of anilines is 1. The van der Waals surface area contributed by atoms with Crippen molar-refractivity contribution >= 4 is 27.3 Å². The number of hydrogen-bond acceptors (Lipinski definition) is 6. The Labute approximate surface area is 230 Å². The van der Waals surface area contributed by atoms with E-state index in [1.807, 2.05) is 30.3 Å². The van der Waals surface area contributed by atoms with E-state index in [9.17, 15) is 18.0 Å². The van der Waals surface area contributed by atoms with E-state index in [2.05, 4.69) is 10.6 Å². The van der Waals surface area contributed by atoms with E-state index in [4.69, 9.17) is 4.74 Å². The van der Waals surface area contributed by atoms with Crippen molar-refractivity contribution in [3.8, 4) is 0 Å². The summed E-state index contributed by atoms with van der Waals surface area (Å²) in [7, 11) is -3.62. The molecule has 1 fully saturated rings. The smallest absolute Gasteiger partial charge is 0.256 e. The monoisotopic (exact) mass is 549 g/mol. The van der Waals surface area contributed by atoms with Gasteiger partial charge in [0.25, 0.3) is 5.91 Å². The number of carbonyl (C=O) groups excluding carboxylic acids is 2. The van der Waals surface area contributed by atoms with Gasteiger partial charge in [-0.2, -0.15) is 0 Å². The lowest BCUT2D eigenvalue weighted by molar-refractivity contribution is -0.122. The minimum absolute atomic E-state index is 0.122. The van der Waals surface area contributed by atoms with E-state index in [0.717, 1.165) is 5.56 Å².